The number of carboxylic acid groups (broad SMARTS) is 1. The number of carbonyl (C=O) groups is 1. The number of aliphatic hydroxyl groups is 2. The van der Waals surface area contributed by atoms with E-state index in [4.69, 9.17) is 5.11 Å². The Balaban J connectivity index is 1.84. The van der Waals surface area contributed by atoms with Crippen molar-refractivity contribution in [3.63, 3.8) is 0 Å². The quantitative estimate of drug-likeness (QED) is 0.399. The summed E-state index contributed by atoms with van der Waals surface area (Å²) in [4.78, 5) is 17.1. The van der Waals surface area contributed by atoms with Crippen LogP contribution in [0.4, 0.5) is 24.5 Å². The number of aliphatic hydroxyl groups excluding tert-OH is 2. The minimum Gasteiger partial charge on any atom is -0.481 e. The molecule has 4 rings (SSSR count). The van der Waals surface area contributed by atoms with E-state index in [1.54, 1.807) is 30.2 Å². The molecule has 0 aliphatic heterocycles. The molecule has 0 radical (unpaired) electrons. The van der Waals surface area contributed by atoms with Crippen LogP contribution in [-0.4, -0.2) is 45.5 Å². The summed E-state index contributed by atoms with van der Waals surface area (Å²) in [6.45, 7) is 0. The lowest BCUT2D eigenvalue weighted by Gasteiger charge is -2.25. The Labute approximate surface area is 200 Å². The van der Waals surface area contributed by atoms with Crippen LogP contribution < -0.4 is 4.90 Å². The summed E-state index contributed by atoms with van der Waals surface area (Å²) in [7, 11) is 1.71. The molecule has 0 saturated heterocycles. The number of rotatable bonds is 9. The highest BCUT2D eigenvalue weighted by molar-refractivity contribution is 5.99. The van der Waals surface area contributed by atoms with Gasteiger partial charge in [-0.05, 0) is 43.2 Å². The number of carboxylic acids is 1. The van der Waals surface area contributed by atoms with Crippen LogP contribution in [0.25, 0.3) is 17.0 Å². The van der Waals surface area contributed by atoms with E-state index in [0.717, 1.165) is 25.0 Å². The van der Waals surface area contributed by atoms with Gasteiger partial charge in [-0.2, -0.15) is 0 Å². The van der Waals surface area contributed by atoms with Crippen molar-refractivity contribution in [2.45, 2.75) is 43.8 Å². The number of nitrogens with zero attached hydrogens (tertiary/aromatic N) is 2. The maximum atomic E-state index is 14.3. The van der Waals surface area contributed by atoms with Gasteiger partial charge < -0.3 is 20.2 Å². The molecule has 6 nitrogen and oxygen atoms in total. The van der Waals surface area contributed by atoms with Gasteiger partial charge in [0.25, 0.3) is 0 Å². The van der Waals surface area contributed by atoms with Crippen molar-refractivity contribution in [1.82, 2.24) is 4.98 Å². The molecule has 3 N–H and O–H groups in total. The smallest absolute Gasteiger partial charge is 0.305 e. The zero-order valence-corrected chi connectivity index (χ0v) is 19.0. The summed E-state index contributed by atoms with van der Waals surface area (Å²) in [6.07, 6.45) is 1.68. The van der Waals surface area contributed by atoms with Crippen LogP contribution in [0.3, 0.4) is 0 Å². The van der Waals surface area contributed by atoms with Crippen molar-refractivity contribution in [3.05, 3.63) is 71.2 Å². The predicted molar refractivity (Wildman–Crippen MR) is 126 cm³/mol. The van der Waals surface area contributed by atoms with Crippen molar-refractivity contribution in [2.75, 3.05) is 11.9 Å². The third kappa shape index (κ3) is 5.63. The lowest BCUT2D eigenvalue weighted by Crippen LogP contribution is -2.19. The number of halogens is 3. The van der Waals surface area contributed by atoms with Crippen LogP contribution in [0, 0.1) is 17.5 Å². The monoisotopic (exact) mass is 486 g/mol. The fraction of sp³-hybridized carbons (Fsp3) is 0.308. The van der Waals surface area contributed by atoms with Crippen LogP contribution >= 0.6 is 0 Å². The zero-order valence-electron chi connectivity index (χ0n) is 19.0. The average Bonchev–Trinajstić information content (AvgIpc) is 3.62. The Morgan fingerprint density at radius 2 is 1.80 bits per heavy atom. The van der Waals surface area contributed by atoms with Gasteiger partial charge in [0, 0.05) is 42.1 Å². The topological polar surface area (TPSA) is 93.9 Å². The Hall–Kier alpha value is -3.43. The molecule has 1 aromatic heterocycles. The summed E-state index contributed by atoms with van der Waals surface area (Å²) in [5.41, 5.74) is 2.59. The molecular weight excluding hydrogens is 461 g/mol. The summed E-state index contributed by atoms with van der Waals surface area (Å²) in [6, 6.07) is 7.81. The minimum absolute atomic E-state index is 0.0993. The van der Waals surface area contributed by atoms with Gasteiger partial charge in [-0.3, -0.25) is 9.78 Å². The Morgan fingerprint density at radius 3 is 2.43 bits per heavy atom. The largest absolute Gasteiger partial charge is 0.481 e. The van der Waals surface area contributed by atoms with E-state index in [2.05, 4.69) is 4.98 Å². The molecule has 35 heavy (non-hydrogen) atoms. The fourth-order valence-corrected chi connectivity index (χ4v) is 4.11. The van der Waals surface area contributed by atoms with Gasteiger partial charge in [-0.1, -0.05) is 12.2 Å². The van der Waals surface area contributed by atoms with Crippen LogP contribution in [0.2, 0.25) is 0 Å². The molecule has 0 spiro atoms. The SMILES string of the molecule is CN(c1ccc(F)cc1)c1c(/C=C/[C@@H](O)C[C@@H](O)CC(=O)O)c(C2CC2)nc2cc(F)c(F)cc12. The van der Waals surface area contributed by atoms with Crippen molar-refractivity contribution in [2.24, 2.45) is 0 Å². The molecule has 184 valence electrons. The van der Waals surface area contributed by atoms with Gasteiger partial charge in [-0.25, -0.2) is 13.2 Å². The van der Waals surface area contributed by atoms with Crippen molar-refractivity contribution >= 4 is 34.3 Å². The number of aliphatic carboxylic acids is 1. The van der Waals surface area contributed by atoms with Crippen LogP contribution in [0.15, 0.2) is 42.5 Å². The number of pyridine rings is 1. The maximum Gasteiger partial charge on any atom is 0.305 e. The van der Waals surface area contributed by atoms with Gasteiger partial charge in [0.1, 0.15) is 5.82 Å². The molecule has 0 unspecified atom stereocenters. The summed E-state index contributed by atoms with van der Waals surface area (Å²) >= 11 is 0. The number of anilines is 2. The first kappa shape index (κ1) is 24.7. The van der Waals surface area contributed by atoms with Crippen LogP contribution in [0.5, 0.6) is 0 Å². The molecule has 1 fully saturated rings. The van der Waals surface area contributed by atoms with Crippen LogP contribution in [-0.2, 0) is 4.79 Å². The molecule has 1 saturated carbocycles. The Bertz CT molecular complexity index is 1280. The molecule has 1 aliphatic carbocycles. The first-order valence-electron chi connectivity index (χ1n) is 11.2. The lowest BCUT2D eigenvalue weighted by atomic mass is 9.99. The van der Waals surface area contributed by atoms with Crippen molar-refractivity contribution in [3.8, 4) is 0 Å². The van der Waals surface area contributed by atoms with Gasteiger partial charge in [-0.15, -0.1) is 0 Å². The second-order valence-corrected chi connectivity index (χ2v) is 8.77. The second kappa shape index (κ2) is 10.1. The molecule has 0 amide bonds. The molecule has 2 aromatic carbocycles. The first-order valence-corrected chi connectivity index (χ1v) is 11.2. The van der Waals surface area contributed by atoms with E-state index in [0.29, 0.717) is 28.0 Å². The first-order chi connectivity index (χ1) is 16.6. The van der Waals surface area contributed by atoms with Crippen molar-refractivity contribution in [1.29, 1.82) is 0 Å². The average molecular weight is 486 g/mol. The third-order valence-corrected chi connectivity index (χ3v) is 5.99. The summed E-state index contributed by atoms with van der Waals surface area (Å²) in [5, 5.41) is 29.4. The lowest BCUT2D eigenvalue weighted by molar-refractivity contribution is -0.139. The van der Waals surface area contributed by atoms with E-state index >= 15 is 0 Å². The number of aromatic nitrogens is 1. The number of fused-ring (bicyclic) bond motifs is 1. The van der Waals surface area contributed by atoms with E-state index < -0.39 is 42.0 Å². The standard InChI is InChI=1S/C26H25F3N2O4/c1-31(16-6-4-15(27)5-7-16)26-19(9-8-17(32)10-18(33)11-24(34)35)25(14-2-3-14)30-23-13-22(29)21(28)12-20(23)26/h4-9,12-14,17-18,32-33H,2-3,10-11H2,1H3,(H,34,35)/b9-8+/t17-,18-/m1/s1. The second-order valence-electron chi connectivity index (χ2n) is 8.77. The Kier molecular flexibility index (Phi) is 7.09. The molecule has 1 heterocycles. The van der Waals surface area contributed by atoms with E-state index in [1.807, 2.05) is 0 Å². The van der Waals surface area contributed by atoms with Crippen molar-refractivity contribution < 1.29 is 33.3 Å². The molecule has 3 aromatic rings. The highest BCUT2D eigenvalue weighted by Gasteiger charge is 2.31. The van der Waals surface area contributed by atoms with Gasteiger partial charge in [0.2, 0.25) is 0 Å². The zero-order chi connectivity index (χ0) is 25.3. The molecular formula is C26H25F3N2O4. The highest BCUT2D eigenvalue weighted by atomic mass is 19.2. The van der Waals surface area contributed by atoms with Gasteiger partial charge >= 0.3 is 5.97 Å². The predicted octanol–water partition coefficient (Wildman–Crippen LogP) is 4.90. The maximum absolute atomic E-state index is 14.3. The van der Waals surface area contributed by atoms with Gasteiger partial charge in [0.15, 0.2) is 11.6 Å². The van der Waals surface area contributed by atoms with Gasteiger partial charge in [0.05, 0.1) is 35.5 Å². The van der Waals surface area contributed by atoms with E-state index in [-0.39, 0.29) is 17.9 Å². The van der Waals surface area contributed by atoms with E-state index in [9.17, 15) is 28.2 Å². The number of benzene rings is 2. The molecule has 2 atom stereocenters. The van der Waals surface area contributed by atoms with Crippen LogP contribution in [0.1, 0.15) is 42.9 Å². The Morgan fingerprint density at radius 1 is 1.14 bits per heavy atom. The normalized spacial score (nSPS) is 15.5. The molecule has 1 aliphatic rings. The molecule has 9 heteroatoms. The minimum atomic E-state index is -1.23. The number of hydrogen-bond acceptors (Lipinski definition) is 5. The van der Waals surface area contributed by atoms with E-state index in [1.165, 1.54) is 18.2 Å². The number of hydrogen-bond donors (Lipinski definition) is 3. The molecule has 0 bridgehead atoms. The third-order valence-electron chi connectivity index (χ3n) is 5.99. The highest BCUT2D eigenvalue weighted by Crippen LogP contribution is 2.46. The summed E-state index contributed by atoms with van der Waals surface area (Å²) < 4.78 is 41.9. The summed E-state index contributed by atoms with van der Waals surface area (Å²) in [5.74, 6) is -3.56. The fourth-order valence-electron chi connectivity index (χ4n) is 4.11.